The van der Waals surface area contributed by atoms with Crippen molar-refractivity contribution < 1.29 is 23.8 Å². The van der Waals surface area contributed by atoms with Crippen molar-refractivity contribution in [2.75, 3.05) is 45.4 Å². The first-order chi connectivity index (χ1) is 15.9. The standard InChI is InChI=1S/C26H32N2O5/c1-18(2)33-22-12-8-20(9-13-22)23-24(27(14-16-31-4)15-17-32-5)26(30)28(25(23)29)21-10-6-19(3)7-11-21/h6-13,18H,14-17H2,1-5H3. The van der Waals surface area contributed by atoms with Gasteiger partial charge in [-0.15, -0.1) is 0 Å². The number of nitrogens with zero attached hydrogens (tertiary/aromatic N) is 2. The van der Waals surface area contributed by atoms with Gasteiger partial charge in [0.25, 0.3) is 11.8 Å². The number of methoxy groups -OCH3 is 2. The Morgan fingerprint density at radius 2 is 1.42 bits per heavy atom. The topological polar surface area (TPSA) is 68.3 Å². The Kier molecular flexibility index (Phi) is 8.25. The number of hydrogen-bond donors (Lipinski definition) is 0. The predicted octanol–water partition coefficient (Wildman–Crippen LogP) is 3.66. The van der Waals surface area contributed by atoms with Crippen LogP contribution in [0.3, 0.4) is 0 Å². The van der Waals surface area contributed by atoms with E-state index in [1.807, 2.05) is 62.1 Å². The monoisotopic (exact) mass is 452 g/mol. The molecule has 2 amide bonds. The molecule has 33 heavy (non-hydrogen) atoms. The molecule has 2 aromatic rings. The molecule has 0 saturated carbocycles. The first kappa shape index (κ1) is 24.5. The lowest BCUT2D eigenvalue weighted by Crippen LogP contribution is -2.37. The van der Waals surface area contributed by atoms with Gasteiger partial charge in [0.1, 0.15) is 11.4 Å². The second-order valence-electron chi connectivity index (χ2n) is 8.17. The summed E-state index contributed by atoms with van der Waals surface area (Å²) in [7, 11) is 3.22. The Morgan fingerprint density at radius 1 is 0.848 bits per heavy atom. The van der Waals surface area contributed by atoms with Crippen molar-refractivity contribution >= 4 is 23.1 Å². The molecule has 0 fully saturated rings. The summed E-state index contributed by atoms with van der Waals surface area (Å²) in [5.41, 5.74) is 2.97. The number of carbonyl (C=O) groups excluding carboxylic acids is 2. The number of hydrogen-bond acceptors (Lipinski definition) is 6. The molecule has 0 bridgehead atoms. The van der Waals surface area contributed by atoms with E-state index >= 15 is 0 Å². The van der Waals surface area contributed by atoms with E-state index in [2.05, 4.69) is 0 Å². The van der Waals surface area contributed by atoms with Gasteiger partial charge in [0.05, 0.1) is 30.6 Å². The van der Waals surface area contributed by atoms with Gasteiger partial charge in [-0.05, 0) is 50.6 Å². The molecule has 1 aliphatic heterocycles. The average Bonchev–Trinajstić information content (AvgIpc) is 3.05. The molecule has 2 aromatic carbocycles. The lowest BCUT2D eigenvalue weighted by molar-refractivity contribution is -0.120. The third-order valence-corrected chi connectivity index (χ3v) is 5.31. The quantitative estimate of drug-likeness (QED) is 0.485. The third-order valence-electron chi connectivity index (χ3n) is 5.31. The molecule has 176 valence electrons. The van der Waals surface area contributed by atoms with Gasteiger partial charge in [0, 0.05) is 27.3 Å². The highest BCUT2D eigenvalue weighted by Gasteiger charge is 2.42. The van der Waals surface area contributed by atoms with Crippen LogP contribution < -0.4 is 9.64 Å². The Morgan fingerprint density at radius 3 is 1.94 bits per heavy atom. The molecule has 1 aliphatic rings. The molecule has 0 saturated heterocycles. The molecular formula is C26H32N2O5. The Labute approximate surface area is 195 Å². The maximum Gasteiger partial charge on any atom is 0.282 e. The van der Waals surface area contributed by atoms with Crippen LogP contribution >= 0.6 is 0 Å². The molecule has 7 heteroatoms. The number of imide groups is 1. The molecule has 0 atom stereocenters. The number of ether oxygens (including phenoxy) is 3. The normalized spacial score (nSPS) is 13.9. The Hall–Kier alpha value is -3.16. The minimum Gasteiger partial charge on any atom is -0.491 e. The van der Waals surface area contributed by atoms with Crippen LogP contribution in [0.25, 0.3) is 5.57 Å². The van der Waals surface area contributed by atoms with Gasteiger partial charge < -0.3 is 19.1 Å². The summed E-state index contributed by atoms with van der Waals surface area (Å²) in [5.74, 6) is 0.00321. The molecule has 0 aromatic heterocycles. The van der Waals surface area contributed by atoms with E-state index in [-0.39, 0.29) is 17.9 Å². The zero-order valence-electron chi connectivity index (χ0n) is 20.0. The fourth-order valence-corrected chi connectivity index (χ4v) is 3.71. The van der Waals surface area contributed by atoms with Crippen LogP contribution in [0.4, 0.5) is 5.69 Å². The summed E-state index contributed by atoms with van der Waals surface area (Å²) in [6.07, 6.45) is 0.0379. The number of carbonyl (C=O) groups is 2. The lowest BCUT2D eigenvalue weighted by Gasteiger charge is -2.25. The van der Waals surface area contributed by atoms with Crippen molar-refractivity contribution in [2.45, 2.75) is 26.9 Å². The largest absolute Gasteiger partial charge is 0.491 e. The van der Waals surface area contributed by atoms with Crippen molar-refractivity contribution in [2.24, 2.45) is 0 Å². The molecule has 0 spiro atoms. The predicted molar refractivity (Wildman–Crippen MR) is 128 cm³/mol. The van der Waals surface area contributed by atoms with Crippen LogP contribution in [-0.2, 0) is 19.1 Å². The van der Waals surface area contributed by atoms with Crippen molar-refractivity contribution in [3.05, 3.63) is 65.4 Å². The molecular weight excluding hydrogens is 420 g/mol. The highest BCUT2D eigenvalue weighted by atomic mass is 16.5. The fourth-order valence-electron chi connectivity index (χ4n) is 3.71. The van der Waals surface area contributed by atoms with Gasteiger partial charge in [-0.25, -0.2) is 4.90 Å². The van der Waals surface area contributed by atoms with Gasteiger partial charge in [-0.2, -0.15) is 0 Å². The van der Waals surface area contributed by atoms with Gasteiger partial charge in [-0.3, -0.25) is 9.59 Å². The van der Waals surface area contributed by atoms with E-state index in [0.717, 1.165) is 5.56 Å². The zero-order chi connectivity index (χ0) is 24.0. The summed E-state index contributed by atoms with van der Waals surface area (Å²) in [6.45, 7) is 7.60. The molecule has 1 heterocycles. The third kappa shape index (κ3) is 5.61. The van der Waals surface area contributed by atoms with Crippen LogP contribution in [0.5, 0.6) is 5.75 Å². The van der Waals surface area contributed by atoms with Crippen LogP contribution in [0.2, 0.25) is 0 Å². The van der Waals surface area contributed by atoms with Crippen molar-refractivity contribution in [1.82, 2.24) is 4.90 Å². The number of benzene rings is 2. The zero-order valence-corrected chi connectivity index (χ0v) is 20.0. The SMILES string of the molecule is COCCN(CCOC)C1=C(c2ccc(OC(C)C)cc2)C(=O)N(c2ccc(C)cc2)C1=O. The van der Waals surface area contributed by atoms with Crippen LogP contribution in [0, 0.1) is 6.92 Å². The minimum absolute atomic E-state index is 0.0379. The molecule has 0 aliphatic carbocycles. The molecule has 0 N–H and O–H groups in total. The fraction of sp³-hybridized carbons (Fsp3) is 0.385. The van der Waals surface area contributed by atoms with Gasteiger partial charge in [0.2, 0.25) is 0 Å². The van der Waals surface area contributed by atoms with Crippen LogP contribution in [-0.4, -0.2) is 63.3 Å². The van der Waals surface area contributed by atoms with Gasteiger partial charge in [0.15, 0.2) is 0 Å². The van der Waals surface area contributed by atoms with Crippen molar-refractivity contribution in [3.8, 4) is 5.75 Å². The van der Waals surface area contributed by atoms with E-state index in [9.17, 15) is 9.59 Å². The van der Waals surface area contributed by atoms with E-state index < -0.39 is 0 Å². The first-order valence-electron chi connectivity index (χ1n) is 11.1. The van der Waals surface area contributed by atoms with E-state index in [1.54, 1.807) is 26.4 Å². The maximum atomic E-state index is 13.7. The van der Waals surface area contributed by atoms with Gasteiger partial charge in [-0.1, -0.05) is 29.8 Å². The summed E-state index contributed by atoms with van der Waals surface area (Å²) in [5, 5.41) is 0. The number of amides is 2. The summed E-state index contributed by atoms with van der Waals surface area (Å²) >= 11 is 0. The van der Waals surface area contributed by atoms with E-state index in [1.165, 1.54) is 4.90 Å². The molecule has 7 nitrogen and oxygen atoms in total. The summed E-state index contributed by atoms with van der Waals surface area (Å²) in [6, 6.07) is 14.6. The minimum atomic E-state index is -0.353. The second kappa shape index (κ2) is 11.1. The Balaban J connectivity index is 2.08. The molecule has 0 radical (unpaired) electrons. The second-order valence-corrected chi connectivity index (χ2v) is 8.17. The average molecular weight is 453 g/mol. The van der Waals surface area contributed by atoms with E-state index in [0.29, 0.717) is 54.6 Å². The molecule has 3 rings (SSSR count). The summed E-state index contributed by atoms with van der Waals surface area (Å²) in [4.78, 5) is 30.4. The molecule has 0 unspecified atom stereocenters. The van der Waals surface area contributed by atoms with Gasteiger partial charge >= 0.3 is 0 Å². The van der Waals surface area contributed by atoms with Crippen molar-refractivity contribution in [1.29, 1.82) is 0 Å². The maximum absolute atomic E-state index is 13.7. The Bertz CT molecular complexity index is 988. The first-order valence-corrected chi connectivity index (χ1v) is 11.1. The number of rotatable bonds is 11. The van der Waals surface area contributed by atoms with Crippen LogP contribution in [0.15, 0.2) is 54.2 Å². The highest BCUT2D eigenvalue weighted by Crippen LogP contribution is 2.35. The summed E-state index contributed by atoms with van der Waals surface area (Å²) < 4.78 is 16.3. The lowest BCUT2D eigenvalue weighted by atomic mass is 10.0. The highest BCUT2D eigenvalue weighted by molar-refractivity contribution is 6.45. The smallest absolute Gasteiger partial charge is 0.282 e. The number of aryl methyl sites for hydroxylation is 1. The van der Waals surface area contributed by atoms with Crippen LogP contribution in [0.1, 0.15) is 25.0 Å². The van der Waals surface area contributed by atoms with Crippen molar-refractivity contribution in [3.63, 3.8) is 0 Å². The number of anilines is 1. The van der Waals surface area contributed by atoms with E-state index in [4.69, 9.17) is 14.2 Å².